The van der Waals surface area contributed by atoms with Gasteiger partial charge in [0, 0.05) is 24.8 Å². The van der Waals surface area contributed by atoms with Crippen molar-refractivity contribution in [1.82, 2.24) is 0 Å². The number of anilines is 1. The average Bonchev–Trinajstić information content (AvgIpc) is 2.38. The fourth-order valence-electron chi connectivity index (χ4n) is 2.84. The molecule has 19 heavy (non-hydrogen) atoms. The van der Waals surface area contributed by atoms with Gasteiger partial charge in [-0.1, -0.05) is 13.8 Å². The highest BCUT2D eigenvalue weighted by Crippen LogP contribution is 2.30. The minimum atomic E-state index is -0.0948. The first kappa shape index (κ1) is 13.9. The molecule has 1 N–H and O–H groups in total. The molecular weight excluding hydrogens is 238 g/mol. The normalized spacial score (nSPS) is 16.9. The standard InChI is InChI=1S/C16H23NO2/c1-11(2)13-6-8-17(9-7-13)14-4-5-15(12(3)18)16(19)10-14/h4-5,10-11,13,19H,6-9H2,1-3H3. The maximum Gasteiger partial charge on any atom is 0.163 e. The Hall–Kier alpha value is -1.51. The van der Waals surface area contributed by atoms with E-state index in [4.69, 9.17) is 0 Å². The van der Waals surface area contributed by atoms with E-state index in [0.717, 1.165) is 30.6 Å². The van der Waals surface area contributed by atoms with Crippen LogP contribution in [0, 0.1) is 11.8 Å². The summed E-state index contributed by atoms with van der Waals surface area (Å²) >= 11 is 0. The Morgan fingerprint density at radius 2 is 1.95 bits per heavy atom. The quantitative estimate of drug-likeness (QED) is 0.847. The Balaban J connectivity index is 2.08. The van der Waals surface area contributed by atoms with Gasteiger partial charge in [0.15, 0.2) is 5.78 Å². The van der Waals surface area contributed by atoms with E-state index in [0.29, 0.717) is 5.56 Å². The largest absolute Gasteiger partial charge is 0.507 e. The lowest BCUT2D eigenvalue weighted by molar-refractivity contribution is 0.101. The average molecular weight is 261 g/mol. The minimum absolute atomic E-state index is 0.0935. The van der Waals surface area contributed by atoms with Crippen molar-refractivity contribution in [3.05, 3.63) is 23.8 Å². The van der Waals surface area contributed by atoms with Crippen molar-refractivity contribution in [1.29, 1.82) is 0 Å². The fourth-order valence-corrected chi connectivity index (χ4v) is 2.84. The van der Waals surface area contributed by atoms with E-state index in [9.17, 15) is 9.90 Å². The van der Waals surface area contributed by atoms with Crippen LogP contribution in [0.15, 0.2) is 18.2 Å². The molecule has 1 aliphatic heterocycles. The van der Waals surface area contributed by atoms with Gasteiger partial charge in [0.25, 0.3) is 0 Å². The van der Waals surface area contributed by atoms with Crippen LogP contribution in [0.25, 0.3) is 0 Å². The van der Waals surface area contributed by atoms with E-state index in [-0.39, 0.29) is 11.5 Å². The first-order valence-electron chi connectivity index (χ1n) is 7.08. The van der Waals surface area contributed by atoms with Crippen molar-refractivity contribution < 1.29 is 9.90 Å². The van der Waals surface area contributed by atoms with Gasteiger partial charge in [0.1, 0.15) is 5.75 Å². The number of phenols is 1. The van der Waals surface area contributed by atoms with Gasteiger partial charge in [-0.25, -0.2) is 0 Å². The Labute approximate surface area is 115 Å². The predicted molar refractivity (Wildman–Crippen MR) is 77.9 cm³/mol. The summed E-state index contributed by atoms with van der Waals surface area (Å²) in [4.78, 5) is 13.6. The topological polar surface area (TPSA) is 40.5 Å². The van der Waals surface area contributed by atoms with Crippen molar-refractivity contribution in [3.8, 4) is 5.75 Å². The monoisotopic (exact) mass is 261 g/mol. The van der Waals surface area contributed by atoms with Gasteiger partial charge < -0.3 is 10.0 Å². The number of ketones is 1. The second-order valence-corrected chi connectivity index (χ2v) is 5.83. The van der Waals surface area contributed by atoms with Gasteiger partial charge in [0.2, 0.25) is 0 Å². The third-order valence-electron chi connectivity index (χ3n) is 4.21. The zero-order valence-electron chi connectivity index (χ0n) is 12.0. The molecule has 3 heteroatoms. The van der Waals surface area contributed by atoms with Gasteiger partial charge in [-0.05, 0) is 43.7 Å². The molecule has 1 aromatic carbocycles. The number of carbonyl (C=O) groups is 1. The van der Waals surface area contributed by atoms with Crippen LogP contribution in [0.1, 0.15) is 44.0 Å². The lowest BCUT2D eigenvalue weighted by Gasteiger charge is -2.35. The number of phenolic OH excluding ortho intramolecular Hbond substituents is 1. The molecule has 0 aromatic heterocycles. The van der Waals surface area contributed by atoms with Crippen LogP contribution in [-0.2, 0) is 0 Å². The summed E-state index contributed by atoms with van der Waals surface area (Å²) in [5.41, 5.74) is 1.42. The molecule has 0 radical (unpaired) electrons. The Morgan fingerprint density at radius 1 is 1.32 bits per heavy atom. The summed E-state index contributed by atoms with van der Waals surface area (Å²) < 4.78 is 0. The van der Waals surface area contributed by atoms with E-state index in [2.05, 4.69) is 18.7 Å². The molecular formula is C16H23NO2. The van der Waals surface area contributed by atoms with Crippen molar-refractivity contribution in [3.63, 3.8) is 0 Å². The molecule has 0 bridgehead atoms. The van der Waals surface area contributed by atoms with Crippen LogP contribution in [-0.4, -0.2) is 24.0 Å². The SMILES string of the molecule is CC(=O)c1ccc(N2CCC(C(C)C)CC2)cc1O. The van der Waals surface area contributed by atoms with E-state index >= 15 is 0 Å². The summed E-state index contributed by atoms with van der Waals surface area (Å²) in [5.74, 6) is 1.55. The molecule has 1 fully saturated rings. The van der Waals surface area contributed by atoms with E-state index in [1.165, 1.54) is 19.8 Å². The summed E-state index contributed by atoms with van der Waals surface area (Å²) in [6.07, 6.45) is 2.40. The first-order valence-corrected chi connectivity index (χ1v) is 7.08. The van der Waals surface area contributed by atoms with E-state index in [1.54, 1.807) is 12.1 Å². The maximum atomic E-state index is 11.3. The van der Waals surface area contributed by atoms with E-state index < -0.39 is 0 Å². The number of rotatable bonds is 3. The van der Waals surface area contributed by atoms with Gasteiger partial charge in [-0.2, -0.15) is 0 Å². The van der Waals surface area contributed by atoms with Crippen molar-refractivity contribution in [2.45, 2.75) is 33.6 Å². The molecule has 104 valence electrons. The van der Waals surface area contributed by atoms with Gasteiger partial charge in [0.05, 0.1) is 5.56 Å². The number of carbonyl (C=O) groups excluding carboxylic acids is 1. The summed E-state index contributed by atoms with van der Waals surface area (Å²) in [6, 6.07) is 5.38. The third kappa shape index (κ3) is 3.09. The Kier molecular flexibility index (Phi) is 4.13. The summed E-state index contributed by atoms with van der Waals surface area (Å²) in [5, 5.41) is 9.89. The van der Waals surface area contributed by atoms with E-state index in [1.807, 2.05) is 6.07 Å². The van der Waals surface area contributed by atoms with Crippen LogP contribution in [0.2, 0.25) is 0 Å². The molecule has 0 atom stereocenters. The van der Waals surface area contributed by atoms with Crippen molar-refractivity contribution in [2.75, 3.05) is 18.0 Å². The molecule has 1 saturated heterocycles. The highest BCUT2D eigenvalue weighted by Gasteiger charge is 2.22. The molecule has 0 amide bonds. The molecule has 3 nitrogen and oxygen atoms in total. The molecule has 1 aliphatic rings. The number of aromatic hydroxyl groups is 1. The smallest absolute Gasteiger partial charge is 0.163 e. The molecule has 2 rings (SSSR count). The maximum absolute atomic E-state index is 11.3. The zero-order valence-corrected chi connectivity index (χ0v) is 12.0. The Morgan fingerprint density at radius 3 is 2.42 bits per heavy atom. The van der Waals surface area contributed by atoms with Crippen LogP contribution < -0.4 is 4.90 Å². The summed E-state index contributed by atoms with van der Waals surface area (Å²) in [6.45, 7) is 8.11. The minimum Gasteiger partial charge on any atom is -0.507 e. The molecule has 1 aromatic rings. The number of nitrogens with zero attached hydrogens (tertiary/aromatic N) is 1. The molecule has 0 spiro atoms. The number of hydrogen-bond acceptors (Lipinski definition) is 3. The van der Waals surface area contributed by atoms with Gasteiger partial charge in [-0.15, -0.1) is 0 Å². The number of hydrogen-bond donors (Lipinski definition) is 1. The van der Waals surface area contributed by atoms with Gasteiger partial charge >= 0.3 is 0 Å². The number of piperidine rings is 1. The third-order valence-corrected chi connectivity index (χ3v) is 4.21. The Bertz CT molecular complexity index is 460. The highest BCUT2D eigenvalue weighted by molar-refractivity contribution is 5.97. The summed E-state index contributed by atoms with van der Waals surface area (Å²) in [7, 11) is 0. The lowest BCUT2D eigenvalue weighted by Crippen LogP contribution is -2.35. The second-order valence-electron chi connectivity index (χ2n) is 5.83. The number of benzene rings is 1. The van der Waals surface area contributed by atoms with Crippen molar-refractivity contribution >= 4 is 11.5 Å². The lowest BCUT2D eigenvalue weighted by atomic mass is 9.86. The second kappa shape index (κ2) is 5.64. The molecule has 0 aliphatic carbocycles. The first-order chi connectivity index (χ1) is 8.99. The zero-order chi connectivity index (χ0) is 14.0. The predicted octanol–water partition coefficient (Wildman–Crippen LogP) is 3.47. The fraction of sp³-hybridized carbons (Fsp3) is 0.562. The molecule has 1 heterocycles. The number of Topliss-reactive ketones (excluding diaryl/α,β-unsaturated/α-hetero) is 1. The van der Waals surface area contributed by atoms with Crippen LogP contribution in [0.4, 0.5) is 5.69 Å². The van der Waals surface area contributed by atoms with Crippen LogP contribution in [0.5, 0.6) is 5.75 Å². The van der Waals surface area contributed by atoms with Crippen molar-refractivity contribution in [2.24, 2.45) is 11.8 Å². The molecule has 0 unspecified atom stereocenters. The van der Waals surface area contributed by atoms with Gasteiger partial charge in [-0.3, -0.25) is 4.79 Å². The van der Waals surface area contributed by atoms with Crippen LogP contribution in [0.3, 0.4) is 0 Å². The molecule has 0 saturated carbocycles. The highest BCUT2D eigenvalue weighted by atomic mass is 16.3. The van der Waals surface area contributed by atoms with Crippen LogP contribution >= 0.6 is 0 Å².